The van der Waals surface area contributed by atoms with E-state index in [1.54, 1.807) is 10.9 Å². The fraction of sp³-hybridized carbons (Fsp3) is 0.375. The van der Waals surface area contributed by atoms with Crippen molar-refractivity contribution in [2.24, 2.45) is 0 Å². The van der Waals surface area contributed by atoms with Gasteiger partial charge in [-0.1, -0.05) is 0 Å². The van der Waals surface area contributed by atoms with Gasteiger partial charge in [0.15, 0.2) is 11.2 Å². The average Bonchev–Trinajstić information content (AvgIpc) is 2.68. The lowest BCUT2D eigenvalue weighted by Gasteiger charge is -2.29. The van der Waals surface area contributed by atoms with Gasteiger partial charge in [-0.15, -0.1) is 0 Å². The zero-order valence-corrected chi connectivity index (χ0v) is 15.7. The third-order valence-corrected chi connectivity index (χ3v) is 3.81. The Balaban J connectivity index is 3.18. The van der Waals surface area contributed by atoms with Crippen LogP contribution in [0.3, 0.4) is 0 Å². The van der Waals surface area contributed by atoms with Crippen molar-refractivity contribution >= 4 is 81.8 Å². The van der Waals surface area contributed by atoms with E-state index < -0.39 is 10.5 Å². The topological polar surface area (TPSA) is 61.8 Å². The second kappa shape index (κ2) is 5.11. The highest BCUT2D eigenvalue weighted by Crippen LogP contribution is 2.15. The Morgan fingerprint density at radius 1 is 0.783 bits per heavy atom. The Kier molecular flexibility index (Phi) is 4.02. The van der Waals surface area contributed by atoms with Gasteiger partial charge in [0.25, 0.3) is 5.56 Å². The van der Waals surface area contributed by atoms with Crippen molar-refractivity contribution in [3.05, 3.63) is 27.2 Å². The van der Waals surface area contributed by atoms with Gasteiger partial charge in [-0.25, -0.2) is 9.78 Å². The fourth-order valence-electron chi connectivity index (χ4n) is 2.79. The molecule has 0 aliphatic heterocycles. The minimum absolute atomic E-state index is 0.287. The van der Waals surface area contributed by atoms with Crippen LogP contribution < -0.4 is 11.2 Å². The summed E-state index contributed by atoms with van der Waals surface area (Å²) in [5.74, 6) is 0. The molecule has 0 unspecified atom stereocenters. The highest BCUT2D eigenvalue weighted by Gasteiger charge is 2.30. The summed E-state index contributed by atoms with van der Waals surface area (Å²) in [7, 11) is 17.5. The standard InChI is InChI=1S/C8H19B9N4O2/c9-6(10,11)19-1-18-3-2(19)4(22)21(8(15,16)17)5(23)20(3)7(12,13)14/h1H,9-17H2. The van der Waals surface area contributed by atoms with Gasteiger partial charge in [0.1, 0.15) is 70.6 Å². The maximum absolute atomic E-state index is 13.1. The number of hydrogen-bond donors (Lipinski definition) is 0. The molecule has 0 aliphatic carbocycles. The average molecular weight is 301 g/mol. The Morgan fingerprint density at radius 3 is 1.65 bits per heavy atom. The molecular formula is C8H19B9N4O2. The first-order chi connectivity index (χ1) is 10.2. The molecule has 0 saturated heterocycles. The molecule has 23 heavy (non-hydrogen) atoms. The Morgan fingerprint density at radius 2 is 1.26 bits per heavy atom. The van der Waals surface area contributed by atoms with Gasteiger partial charge in [-0.05, 0) is 15.7 Å². The molecule has 2 aromatic heterocycles. The second-order valence-electron chi connectivity index (χ2n) is 9.06. The number of imidazole rings is 1. The summed E-state index contributed by atoms with van der Waals surface area (Å²) in [5, 5.41) is -1.39. The van der Waals surface area contributed by atoms with Crippen molar-refractivity contribution in [3.63, 3.8) is 0 Å². The quantitative estimate of drug-likeness (QED) is 0.529. The number of fused-ring (bicyclic) bond motifs is 1. The van der Waals surface area contributed by atoms with Crippen LogP contribution in [0, 0.1) is 0 Å². The molecule has 0 fully saturated rings. The lowest BCUT2D eigenvalue weighted by Crippen LogP contribution is -2.57. The van der Waals surface area contributed by atoms with Crippen LogP contribution in [0.25, 0.3) is 11.2 Å². The normalized spacial score (nSPS) is 13.4. The van der Waals surface area contributed by atoms with E-state index in [4.69, 9.17) is 0 Å². The molecule has 0 bridgehead atoms. The van der Waals surface area contributed by atoms with E-state index in [0.29, 0.717) is 11.2 Å². The highest BCUT2D eigenvalue weighted by atomic mass is 16.2. The van der Waals surface area contributed by atoms with Gasteiger partial charge in [0.2, 0.25) is 0 Å². The van der Waals surface area contributed by atoms with Crippen LogP contribution in [0.15, 0.2) is 15.9 Å². The first kappa shape index (κ1) is 18.1. The molecule has 0 atom stereocenters. The minimum atomic E-state index is -0.609. The molecule has 0 aromatic carbocycles. The van der Waals surface area contributed by atoms with Crippen LogP contribution in [0.4, 0.5) is 0 Å². The van der Waals surface area contributed by atoms with Gasteiger partial charge in [0.05, 0.1) is 6.33 Å². The van der Waals surface area contributed by atoms with Crippen molar-refractivity contribution in [3.8, 4) is 0 Å². The van der Waals surface area contributed by atoms with Crippen molar-refractivity contribution in [2.45, 2.75) is 15.7 Å². The lowest BCUT2D eigenvalue weighted by atomic mass is 9.48. The molecular weight excluding hydrogens is 281 g/mol. The number of nitrogens with zero attached hydrogens (tertiary/aromatic N) is 4. The van der Waals surface area contributed by atoms with E-state index in [0.717, 1.165) is 0 Å². The van der Waals surface area contributed by atoms with E-state index >= 15 is 0 Å². The summed E-state index contributed by atoms with van der Waals surface area (Å²) in [6, 6.07) is 0. The largest absolute Gasteiger partial charge is 0.343 e. The van der Waals surface area contributed by atoms with Crippen LogP contribution in [-0.4, -0.2) is 89.3 Å². The van der Waals surface area contributed by atoms with E-state index in [1.165, 1.54) is 4.57 Å². The molecule has 0 saturated carbocycles. The van der Waals surface area contributed by atoms with E-state index in [-0.39, 0.29) is 16.5 Å². The molecule has 0 N–H and O–H groups in total. The van der Waals surface area contributed by atoms with Crippen LogP contribution in [0.1, 0.15) is 0 Å². The fourth-order valence-corrected chi connectivity index (χ4v) is 2.79. The van der Waals surface area contributed by atoms with Crippen molar-refractivity contribution in [2.75, 3.05) is 0 Å². The smallest absolute Gasteiger partial charge is 0.329 e. The molecule has 0 aliphatic rings. The monoisotopic (exact) mass is 302 g/mol. The molecule has 6 nitrogen and oxygen atoms in total. The predicted octanol–water partition coefficient (Wildman–Crippen LogP) is -10.2. The lowest BCUT2D eigenvalue weighted by molar-refractivity contribution is 0.611. The summed E-state index contributed by atoms with van der Waals surface area (Å²) in [6.45, 7) is 0. The van der Waals surface area contributed by atoms with Gasteiger partial charge in [-0.2, -0.15) is 0 Å². The molecule has 15 heteroatoms. The minimum Gasteiger partial charge on any atom is -0.343 e. The summed E-state index contributed by atoms with van der Waals surface area (Å²) < 4.78 is 4.82. The predicted molar refractivity (Wildman–Crippen MR) is 119 cm³/mol. The maximum Gasteiger partial charge on any atom is 0.329 e. The third kappa shape index (κ3) is 2.94. The van der Waals surface area contributed by atoms with E-state index in [1.807, 2.05) is 75.2 Å². The molecule has 0 radical (unpaired) electrons. The zero-order chi connectivity index (χ0) is 18.0. The first-order valence-electron chi connectivity index (χ1n) is 7.94. The maximum atomic E-state index is 13.1. The Hall–Kier alpha value is -1.27. The number of aromatic nitrogens is 4. The summed E-state index contributed by atoms with van der Waals surface area (Å²) in [4.78, 5) is 30.5. The van der Waals surface area contributed by atoms with Gasteiger partial charge in [0, 0.05) is 0 Å². The van der Waals surface area contributed by atoms with Crippen molar-refractivity contribution in [1.29, 1.82) is 0 Å². The van der Waals surface area contributed by atoms with Crippen LogP contribution in [0.2, 0.25) is 0 Å². The van der Waals surface area contributed by atoms with Crippen molar-refractivity contribution < 1.29 is 0 Å². The zero-order valence-electron chi connectivity index (χ0n) is 15.7. The number of rotatable bonds is 3. The second-order valence-corrected chi connectivity index (χ2v) is 9.06. The Bertz CT molecular complexity index is 879. The summed E-state index contributed by atoms with van der Waals surface area (Å²) in [6.07, 6.45) is 1.65. The van der Waals surface area contributed by atoms with Gasteiger partial charge >= 0.3 is 5.69 Å². The molecule has 0 amide bonds. The molecule has 110 valence electrons. The SMILES string of the molecule is BC(B)(B)n1c(=O)c2c(ncn2C(B)(B)B)n(C(B)(B)B)c1=O. The van der Waals surface area contributed by atoms with Gasteiger partial charge in [-0.3, -0.25) is 13.9 Å². The first-order valence-corrected chi connectivity index (χ1v) is 7.94. The summed E-state index contributed by atoms with van der Waals surface area (Å²) >= 11 is 0. The van der Waals surface area contributed by atoms with Crippen LogP contribution in [-0.2, 0) is 15.7 Å². The summed E-state index contributed by atoms with van der Waals surface area (Å²) in [5.41, 5.74) is 0.317. The van der Waals surface area contributed by atoms with Crippen molar-refractivity contribution in [1.82, 2.24) is 18.7 Å². The van der Waals surface area contributed by atoms with E-state index in [2.05, 4.69) is 4.98 Å². The molecule has 2 heterocycles. The molecule has 0 spiro atoms. The van der Waals surface area contributed by atoms with E-state index in [9.17, 15) is 9.59 Å². The highest BCUT2D eigenvalue weighted by molar-refractivity contribution is 6.58. The van der Waals surface area contributed by atoms with Crippen LogP contribution >= 0.6 is 0 Å². The molecule has 2 rings (SSSR count). The Labute approximate surface area is 143 Å². The molecule has 2 aromatic rings. The third-order valence-electron chi connectivity index (χ3n) is 3.81. The number of hydrogen-bond acceptors (Lipinski definition) is 3. The van der Waals surface area contributed by atoms with Crippen LogP contribution in [0.5, 0.6) is 0 Å². The van der Waals surface area contributed by atoms with Gasteiger partial charge < -0.3 is 4.57 Å².